The van der Waals surface area contributed by atoms with Gasteiger partial charge in [0.1, 0.15) is 5.03 Å². The van der Waals surface area contributed by atoms with Gasteiger partial charge in [0.05, 0.1) is 16.3 Å². The third-order valence-electron chi connectivity index (χ3n) is 3.22. The Labute approximate surface area is 157 Å². The summed E-state index contributed by atoms with van der Waals surface area (Å²) in [5.41, 5.74) is 0.787. The highest BCUT2D eigenvalue weighted by Gasteiger charge is 2.31. The first kappa shape index (κ1) is 18.4. The average Bonchev–Trinajstić information content (AvgIpc) is 2.62. The van der Waals surface area contributed by atoms with Crippen LogP contribution >= 0.6 is 23.4 Å². The summed E-state index contributed by atoms with van der Waals surface area (Å²) in [6, 6.07) is 12.3. The molecular weight excluding hydrogens is 383 g/mol. The molecule has 2 heterocycles. The molecule has 3 nitrogen and oxygen atoms in total. The lowest BCUT2D eigenvalue weighted by atomic mass is 10.2. The Morgan fingerprint density at radius 2 is 1.77 bits per heavy atom. The van der Waals surface area contributed by atoms with Crippen molar-refractivity contribution in [3.63, 3.8) is 0 Å². The van der Waals surface area contributed by atoms with Crippen LogP contribution in [-0.2, 0) is 6.18 Å². The fourth-order valence-electron chi connectivity index (χ4n) is 1.98. The van der Waals surface area contributed by atoms with Gasteiger partial charge in [-0.3, -0.25) is 0 Å². The summed E-state index contributed by atoms with van der Waals surface area (Å²) in [4.78, 5) is 12.2. The van der Waals surface area contributed by atoms with Crippen LogP contribution in [0.15, 0.2) is 65.0 Å². The van der Waals surface area contributed by atoms with E-state index in [2.05, 4.69) is 15.0 Å². The highest BCUT2D eigenvalue weighted by atomic mass is 35.5. The number of rotatable bonds is 4. The molecule has 8 heteroatoms. The van der Waals surface area contributed by atoms with E-state index < -0.39 is 11.7 Å². The van der Waals surface area contributed by atoms with Crippen molar-refractivity contribution in [2.45, 2.75) is 16.4 Å². The molecule has 0 aliphatic heterocycles. The molecular formula is C18H11ClF3N3S. The van der Waals surface area contributed by atoms with Crippen LogP contribution in [0.5, 0.6) is 0 Å². The highest BCUT2D eigenvalue weighted by molar-refractivity contribution is 7.99. The molecule has 3 aromatic rings. The van der Waals surface area contributed by atoms with E-state index in [9.17, 15) is 13.2 Å². The molecule has 0 saturated heterocycles. The molecule has 1 aromatic carbocycles. The molecule has 26 heavy (non-hydrogen) atoms. The topological polar surface area (TPSA) is 38.7 Å². The van der Waals surface area contributed by atoms with Crippen LogP contribution in [0.4, 0.5) is 13.2 Å². The molecule has 0 saturated carbocycles. The van der Waals surface area contributed by atoms with E-state index in [4.69, 9.17) is 11.6 Å². The fraction of sp³-hybridized carbons (Fsp3) is 0.0556. The van der Waals surface area contributed by atoms with Crippen LogP contribution < -0.4 is 0 Å². The Kier molecular flexibility index (Phi) is 5.58. The van der Waals surface area contributed by atoms with Crippen LogP contribution in [0.3, 0.4) is 0 Å². The van der Waals surface area contributed by atoms with E-state index in [1.807, 2.05) is 42.5 Å². The first-order valence-electron chi connectivity index (χ1n) is 7.38. The quantitative estimate of drug-likeness (QED) is 0.520. The maximum Gasteiger partial charge on any atom is 0.417 e. The van der Waals surface area contributed by atoms with Gasteiger partial charge < -0.3 is 0 Å². The second-order valence-electron chi connectivity index (χ2n) is 5.12. The van der Waals surface area contributed by atoms with Crippen molar-refractivity contribution in [3.05, 3.63) is 76.7 Å². The number of hydrogen-bond acceptors (Lipinski definition) is 4. The van der Waals surface area contributed by atoms with E-state index in [1.165, 1.54) is 0 Å². The van der Waals surface area contributed by atoms with Crippen LogP contribution in [-0.4, -0.2) is 15.0 Å². The minimum Gasteiger partial charge on any atom is -0.247 e. The summed E-state index contributed by atoms with van der Waals surface area (Å²) in [5, 5.41) is 0.455. The van der Waals surface area contributed by atoms with Gasteiger partial charge >= 0.3 is 6.18 Å². The Morgan fingerprint density at radius 3 is 2.46 bits per heavy atom. The number of alkyl halides is 3. The first-order chi connectivity index (χ1) is 12.4. The zero-order valence-corrected chi connectivity index (χ0v) is 14.7. The summed E-state index contributed by atoms with van der Waals surface area (Å²) in [5.74, 6) is 0. The van der Waals surface area contributed by atoms with E-state index in [-0.39, 0.29) is 10.0 Å². The second-order valence-corrected chi connectivity index (χ2v) is 6.48. The van der Waals surface area contributed by atoms with Gasteiger partial charge in [-0.2, -0.15) is 13.2 Å². The molecule has 2 aromatic heterocycles. The molecule has 3 rings (SSSR count). The summed E-state index contributed by atoms with van der Waals surface area (Å²) in [6.45, 7) is 0. The Balaban J connectivity index is 1.78. The lowest BCUT2D eigenvalue weighted by Gasteiger charge is -2.08. The Morgan fingerprint density at radius 1 is 1.00 bits per heavy atom. The van der Waals surface area contributed by atoms with E-state index in [0.717, 1.165) is 29.6 Å². The van der Waals surface area contributed by atoms with Gasteiger partial charge in [0, 0.05) is 12.4 Å². The smallest absolute Gasteiger partial charge is 0.247 e. The van der Waals surface area contributed by atoms with Gasteiger partial charge in [-0.15, -0.1) is 0 Å². The van der Waals surface area contributed by atoms with Crippen molar-refractivity contribution in [3.8, 4) is 0 Å². The second kappa shape index (κ2) is 7.88. The number of benzene rings is 1. The van der Waals surface area contributed by atoms with E-state index >= 15 is 0 Å². The standard InChI is InChI=1S/C18H11ClF3N3S/c19-15-10-13(18(20,21)22)11-24-16(15)26-17-23-9-8-14(25-17)7-6-12-4-2-1-3-5-12/h1-11H. The van der Waals surface area contributed by atoms with Gasteiger partial charge in [-0.05, 0) is 35.5 Å². The average molecular weight is 394 g/mol. The van der Waals surface area contributed by atoms with Gasteiger partial charge in [0.2, 0.25) is 0 Å². The highest BCUT2D eigenvalue weighted by Crippen LogP contribution is 2.35. The lowest BCUT2D eigenvalue weighted by molar-refractivity contribution is -0.137. The molecule has 0 bridgehead atoms. The van der Waals surface area contributed by atoms with Crippen LogP contribution in [0.25, 0.3) is 12.2 Å². The lowest BCUT2D eigenvalue weighted by Crippen LogP contribution is -2.05. The normalized spacial score (nSPS) is 11.8. The number of aromatic nitrogens is 3. The minimum absolute atomic E-state index is 0.0985. The third-order valence-corrected chi connectivity index (χ3v) is 4.52. The minimum atomic E-state index is -4.49. The predicted octanol–water partition coefficient (Wildman–Crippen LogP) is 5.87. The van der Waals surface area contributed by atoms with Gasteiger partial charge in [0.25, 0.3) is 0 Å². The maximum absolute atomic E-state index is 12.7. The number of pyridine rings is 1. The van der Waals surface area contributed by atoms with E-state index in [0.29, 0.717) is 10.9 Å². The van der Waals surface area contributed by atoms with Crippen LogP contribution in [0.2, 0.25) is 5.02 Å². The molecule has 132 valence electrons. The van der Waals surface area contributed by atoms with Crippen molar-refractivity contribution in [1.82, 2.24) is 15.0 Å². The Hall–Kier alpha value is -2.38. The summed E-state index contributed by atoms with van der Waals surface area (Å²) < 4.78 is 38.0. The fourth-order valence-corrected chi connectivity index (χ4v) is 2.97. The van der Waals surface area contributed by atoms with Crippen molar-refractivity contribution >= 4 is 35.5 Å². The molecule has 0 unspecified atom stereocenters. The summed E-state index contributed by atoms with van der Waals surface area (Å²) in [7, 11) is 0. The molecule has 0 aliphatic carbocycles. The van der Waals surface area contributed by atoms with Crippen LogP contribution in [0, 0.1) is 0 Å². The summed E-state index contributed by atoms with van der Waals surface area (Å²) >= 11 is 6.92. The molecule has 0 aliphatic rings. The van der Waals surface area contributed by atoms with Gasteiger partial charge in [0.15, 0.2) is 5.16 Å². The van der Waals surface area contributed by atoms with Gasteiger partial charge in [-0.25, -0.2) is 15.0 Å². The van der Waals surface area contributed by atoms with Crippen molar-refractivity contribution in [2.24, 2.45) is 0 Å². The SMILES string of the molecule is FC(F)(F)c1cnc(Sc2nccc(C=Cc3ccccc3)n2)c(Cl)c1. The molecule has 0 fully saturated rings. The number of hydrogen-bond donors (Lipinski definition) is 0. The monoisotopic (exact) mass is 393 g/mol. The molecule has 0 atom stereocenters. The molecule has 0 radical (unpaired) electrons. The van der Waals surface area contributed by atoms with Crippen molar-refractivity contribution in [2.75, 3.05) is 0 Å². The first-order valence-corrected chi connectivity index (χ1v) is 8.58. The molecule has 0 N–H and O–H groups in total. The van der Waals surface area contributed by atoms with E-state index in [1.54, 1.807) is 12.3 Å². The molecule has 0 spiro atoms. The zero-order chi connectivity index (χ0) is 18.6. The molecule has 0 amide bonds. The van der Waals surface area contributed by atoms with Gasteiger partial charge in [-0.1, -0.05) is 48.0 Å². The van der Waals surface area contributed by atoms with Crippen molar-refractivity contribution < 1.29 is 13.2 Å². The largest absolute Gasteiger partial charge is 0.417 e. The number of halogens is 4. The number of nitrogens with zero attached hydrogens (tertiary/aromatic N) is 3. The predicted molar refractivity (Wildman–Crippen MR) is 95.8 cm³/mol. The Bertz CT molecular complexity index is 930. The maximum atomic E-state index is 12.7. The van der Waals surface area contributed by atoms with Crippen molar-refractivity contribution in [1.29, 1.82) is 0 Å². The van der Waals surface area contributed by atoms with Crippen LogP contribution in [0.1, 0.15) is 16.8 Å². The third kappa shape index (κ3) is 4.83. The summed E-state index contributed by atoms with van der Waals surface area (Å²) in [6.07, 6.45) is 1.55. The zero-order valence-electron chi connectivity index (χ0n) is 13.1.